The Hall–Kier alpha value is -2.46. The van der Waals surface area contributed by atoms with Crippen LogP contribution in [0.5, 0.6) is 0 Å². The van der Waals surface area contributed by atoms with E-state index in [0.29, 0.717) is 11.3 Å². The second-order valence-corrected chi connectivity index (χ2v) is 11.8. The fourth-order valence-electron chi connectivity index (χ4n) is 4.16. The van der Waals surface area contributed by atoms with Gasteiger partial charge in [0.05, 0.1) is 11.9 Å². The maximum absolute atomic E-state index is 13.5. The lowest BCUT2D eigenvalue weighted by atomic mass is 10.1. The lowest BCUT2D eigenvalue weighted by molar-refractivity contribution is -0.139. The van der Waals surface area contributed by atoms with E-state index in [0.717, 1.165) is 46.3 Å². The lowest BCUT2D eigenvalue weighted by Crippen LogP contribution is -2.52. The molecule has 2 aromatic rings. The van der Waals surface area contributed by atoms with Crippen molar-refractivity contribution in [1.29, 1.82) is 0 Å². The first kappa shape index (κ1) is 27.1. The lowest BCUT2D eigenvalue weighted by Gasteiger charge is -2.32. The highest BCUT2D eigenvalue weighted by Gasteiger charge is 2.31. The summed E-state index contributed by atoms with van der Waals surface area (Å²) in [5.41, 5.74) is 1.80. The molecule has 0 aliphatic heterocycles. The molecule has 2 amide bonds. The Morgan fingerprint density at radius 1 is 1.14 bits per heavy atom. The number of rotatable bonds is 9. The molecule has 0 radical (unpaired) electrons. The molecule has 0 heterocycles. The molecular weight excluding hydrogens is 537 g/mol. The molecule has 190 valence electrons. The number of carbonyl (C=O) groups excluding carboxylic acids is 2. The zero-order valence-electron chi connectivity index (χ0n) is 20.1. The van der Waals surface area contributed by atoms with Crippen LogP contribution in [0.4, 0.5) is 10.1 Å². The summed E-state index contributed by atoms with van der Waals surface area (Å²) in [6.07, 6.45) is 4.93. The smallest absolute Gasteiger partial charge is 0.244 e. The van der Waals surface area contributed by atoms with E-state index in [1.165, 1.54) is 17.0 Å². The zero-order valence-corrected chi connectivity index (χ0v) is 22.5. The topological polar surface area (TPSA) is 86.8 Å². The molecule has 7 nitrogen and oxygen atoms in total. The third kappa shape index (κ3) is 7.27. The minimum absolute atomic E-state index is 0.0370. The quantitative estimate of drug-likeness (QED) is 0.493. The highest BCUT2D eigenvalue weighted by Crippen LogP contribution is 2.25. The van der Waals surface area contributed by atoms with Crippen LogP contribution in [0.15, 0.2) is 46.9 Å². The monoisotopic (exact) mass is 567 g/mol. The number of amides is 2. The minimum Gasteiger partial charge on any atom is -0.352 e. The number of halogens is 2. The number of anilines is 1. The van der Waals surface area contributed by atoms with Crippen LogP contribution in [0.1, 0.15) is 43.7 Å². The van der Waals surface area contributed by atoms with Gasteiger partial charge >= 0.3 is 0 Å². The highest BCUT2D eigenvalue weighted by molar-refractivity contribution is 9.10. The minimum atomic E-state index is -3.80. The Bertz CT molecular complexity index is 1170. The van der Waals surface area contributed by atoms with Crippen LogP contribution < -0.4 is 9.62 Å². The van der Waals surface area contributed by atoms with E-state index in [9.17, 15) is 22.4 Å². The largest absolute Gasteiger partial charge is 0.352 e. The average molecular weight is 569 g/mol. The first-order valence-electron chi connectivity index (χ1n) is 11.5. The van der Waals surface area contributed by atoms with Gasteiger partial charge in [-0.1, -0.05) is 40.9 Å². The Kier molecular flexibility index (Phi) is 8.93. The molecule has 0 spiro atoms. The number of sulfonamides is 1. The van der Waals surface area contributed by atoms with Crippen molar-refractivity contribution in [2.45, 2.75) is 58.2 Å². The van der Waals surface area contributed by atoms with Gasteiger partial charge in [-0.15, -0.1) is 0 Å². The molecule has 35 heavy (non-hydrogen) atoms. The third-order valence-corrected chi connectivity index (χ3v) is 8.27. The van der Waals surface area contributed by atoms with Gasteiger partial charge in [-0.25, -0.2) is 12.8 Å². The van der Waals surface area contributed by atoms with Crippen LogP contribution in [0.2, 0.25) is 0 Å². The first-order valence-corrected chi connectivity index (χ1v) is 14.2. The van der Waals surface area contributed by atoms with Gasteiger partial charge in [-0.2, -0.15) is 0 Å². The van der Waals surface area contributed by atoms with Gasteiger partial charge in [0.25, 0.3) is 0 Å². The van der Waals surface area contributed by atoms with Gasteiger partial charge in [0.15, 0.2) is 0 Å². The summed E-state index contributed by atoms with van der Waals surface area (Å²) < 4.78 is 40.6. The van der Waals surface area contributed by atoms with Crippen LogP contribution in [-0.2, 0) is 26.2 Å². The van der Waals surface area contributed by atoms with Crippen molar-refractivity contribution in [2.75, 3.05) is 17.1 Å². The summed E-state index contributed by atoms with van der Waals surface area (Å²) in [6, 6.07) is 9.91. The molecule has 1 saturated carbocycles. The number of hydrogen-bond donors (Lipinski definition) is 1. The van der Waals surface area contributed by atoms with Crippen molar-refractivity contribution in [1.82, 2.24) is 10.2 Å². The van der Waals surface area contributed by atoms with E-state index in [2.05, 4.69) is 21.2 Å². The van der Waals surface area contributed by atoms with E-state index in [-0.39, 0.29) is 18.5 Å². The Balaban J connectivity index is 1.88. The molecule has 0 bridgehead atoms. The van der Waals surface area contributed by atoms with Crippen molar-refractivity contribution in [3.05, 3.63) is 63.9 Å². The maximum Gasteiger partial charge on any atom is 0.244 e. The van der Waals surface area contributed by atoms with Gasteiger partial charge in [0.1, 0.15) is 18.4 Å². The van der Waals surface area contributed by atoms with Crippen molar-refractivity contribution in [3.63, 3.8) is 0 Å². The van der Waals surface area contributed by atoms with Crippen LogP contribution in [0.3, 0.4) is 0 Å². The predicted octanol–water partition coefficient (Wildman–Crippen LogP) is 4.14. The van der Waals surface area contributed by atoms with Gasteiger partial charge in [-0.3, -0.25) is 13.9 Å². The van der Waals surface area contributed by atoms with Gasteiger partial charge < -0.3 is 10.2 Å². The number of nitrogens with one attached hydrogen (secondary N) is 1. The molecule has 1 atom stereocenters. The highest BCUT2D eigenvalue weighted by atomic mass is 79.9. The number of carbonyl (C=O) groups is 2. The van der Waals surface area contributed by atoms with Gasteiger partial charge in [-0.05, 0) is 68.1 Å². The third-order valence-electron chi connectivity index (χ3n) is 6.24. The van der Waals surface area contributed by atoms with Crippen molar-refractivity contribution in [2.24, 2.45) is 0 Å². The molecule has 0 aromatic heterocycles. The molecule has 3 rings (SSSR count). The molecule has 1 aliphatic carbocycles. The summed E-state index contributed by atoms with van der Waals surface area (Å²) in [4.78, 5) is 27.9. The predicted molar refractivity (Wildman–Crippen MR) is 138 cm³/mol. The molecule has 1 aliphatic rings. The standard InChI is InChI=1S/C25H31BrFN3O4S/c1-17-14-22(12-13-23(17)26)30(35(3,33)34)16-24(31)29(15-19-8-10-20(27)11-9-19)18(2)25(32)28-21-6-4-5-7-21/h8-14,18,21H,4-7,15-16H2,1-3H3,(H,28,32). The van der Waals surface area contributed by atoms with Crippen LogP contribution in [-0.4, -0.2) is 50.0 Å². The summed E-state index contributed by atoms with van der Waals surface area (Å²) in [7, 11) is -3.80. The number of benzene rings is 2. The fraction of sp³-hybridized carbons (Fsp3) is 0.440. The molecule has 0 saturated heterocycles. The van der Waals surface area contributed by atoms with Crippen molar-refractivity contribution < 1.29 is 22.4 Å². The second-order valence-electron chi connectivity index (χ2n) is 9.02. The van der Waals surface area contributed by atoms with Gasteiger partial charge in [0, 0.05) is 17.1 Å². The summed E-state index contributed by atoms with van der Waals surface area (Å²) >= 11 is 3.40. The van der Waals surface area contributed by atoms with E-state index in [4.69, 9.17) is 0 Å². The molecule has 2 aromatic carbocycles. The van der Waals surface area contributed by atoms with Gasteiger partial charge in [0.2, 0.25) is 21.8 Å². The van der Waals surface area contributed by atoms with Crippen molar-refractivity contribution >= 4 is 43.5 Å². The molecule has 10 heteroatoms. The number of hydrogen-bond acceptors (Lipinski definition) is 4. The Labute approximate surface area is 214 Å². The first-order chi connectivity index (χ1) is 16.5. The van der Waals surface area contributed by atoms with Crippen LogP contribution >= 0.6 is 15.9 Å². The molecular formula is C25H31BrFN3O4S. The SMILES string of the molecule is Cc1cc(N(CC(=O)N(Cc2ccc(F)cc2)C(C)C(=O)NC2CCCC2)S(C)(=O)=O)ccc1Br. The van der Waals surface area contributed by atoms with Crippen LogP contribution in [0, 0.1) is 12.7 Å². The normalized spacial score (nSPS) is 15.0. The molecule has 1 fully saturated rings. The fourth-order valence-corrected chi connectivity index (χ4v) is 5.25. The molecule has 1 N–H and O–H groups in total. The van der Waals surface area contributed by atoms with Crippen LogP contribution in [0.25, 0.3) is 0 Å². The summed E-state index contributed by atoms with van der Waals surface area (Å²) in [5.74, 6) is -1.24. The Morgan fingerprint density at radius 3 is 2.34 bits per heavy atom. The molecule has 1 unspecified atom stereocenters. The summed E-state index contributed by atoms with van der Waals surface area (Å²) in [5, 5.41) is 3.01. The van der Waals surface area contributed by atoms with E-state index in [1.54, 1.807) is 37.3 Å². The van der Waals surface area contributed by atoms with E-state index < -0.39 is 34.3 Å². The number of aryl methyl sites for hydroxylation is 1. The van der Waals surface area contributed by atoms with Crippen molar-refractivity contribution in [3.8, 4) is 0 Å². The second kappa shape index (κ2) is 11.5. The number of nitrogens with zero attached hydrogens (tertiary/aromatic N) is 2. The Morgan fingerprint density at radius 2 is 1.77 bits per heavy atom. The average Bonchev–Trinajstić information content (AvgIpc) is 3.30. The zero-order chi connectivity index (χ0) is 25.8. The maximum atomic E-state index is 13.5. The van der Waals surface area contributed by atoms with E-state index in [1.807, 2.05) is 6.92 Å². The van der Waals surface area contributed by atoms with E-state index >= 15 is 0 Å². The summed E-state index contributed by atoms with van der Waals surface area (Å²) in [6.45, 7) is 3.02.